The molecule has 1 aromatic heterocycles. The Morgan fingerprint density at radius 1 is 1.29 bits per heavy atom. The van der Waals surface area contributed by atoms with Gasteiger partial charge in [-0.1, -0.05) is 20.8 Å². The number of nitrogens with one attached hydrogen (secondary N) is 1. The number of nitrogens with two attached hydrogens (primary N) is 1. The molecule has 122 valence electrons. The summed E-state index contributed by atoms with van der Waals surface area (Å²) in [6.07, 6.45) is 0.777. The number of aromatic nitrogens is 2. The molecule has 3 N–H and O–H groups in total. The van der Waals surface area contributed by atoms with Gasteiger partial charge in [0, 0.05) is 13.1 Å². The van der Waals surface area contributed by atoms with E-state index in [-0.39, 0.29) is 5.92 Å². The Kier molecular flexibility index (Phi) is 6.37. The maximum absolute atomic E-state index is 12.5. The molecule has 1 aromatic rings. The fourth-order valence-electron chi connectivity index (χ4n) is 2.08. The van der Waals surface area contributed by atoms with E-state index >= 15 is 0 Å². The van der Waals surface area contributed by atoms with Gasteiger partial charge in [-0.2, -0.15) is 5.10 Å². The summed E-state index contributed by atoms with van der Waals surface area (Å²) in [7, 11) is -3.52. The third-order valence-electron chi connectivity index (χ3n) is 3.89. The van der Waals surface area contributed by atoms with E-state index in [0.717, 1.165) is 6.42 Å². The van der Waals surface area contributed by atoms with Crippen LogP contribution in [-0.4, -0.2) is 31.3 Å². The van der Waals surface area contributed by atoms with Crippen LogP contribution in [0.3, 0.4) is 0 Å². The molecular weight excluding hydrogens is 288 g/mol. The molecule has 0 saturated carbocycles. The van der Waals surface area contributed by atoms with E-state index in [1.807, 2.05) is 6.92 Å². The molecule has 0 fully saturated rings. The molecule has 6 nitrogen and oxygen atoms in total. The van der Waals surface area contributed by atoms with Crippen LogP contribution in [0, 0.1) is 25.7 Å². The van der Waals surface area contributed by atoms with E-state index in [9.17, 15) is 8.42 Å². The van der Waals surface area contributed by atoms with Gasteiger partial charge >= 0.3 is 0 Å². The Balaban J connectivity index is 2.95. The summed E-state index contributed by atoms with van der Waals surface area (Å²) in [4.78, 5) is 0.301. The van der Waals surface area contributed by atoms with Crippen LogP contribution in [0.1, 0.15) is 38.6 Å². The molecule has 0 aliphatic rings. The smallest absolute Gasteiger partial charge is 0.244 e. The SMILES string of the molecule is Cc1nn(CCCN)c(C)c1S(=O)(=O)NCC(C)C(C)C. The van der Waals surface area contributed by atoms with Crippen LogP contribution in [0.2, 0.25) is 0 Å². The predicted molar refractivity (Wildman–Crippen MR) is 84.6 cm³/mol. The number of aryl methyl sites for hydroxylation is 2. The molecule has 1 atom stereocenters. The van der Waals surface area contributed by atoms with Crippen LogP contribution in [0.25, 0.3) is 0 Å². The molecule has 0 radical (unpaired) electrons. The Bertz CT molecular complexity index is 564. The Hall–Kier alpha value is -0.920. The largest absolute Gasteiger partial charge is 0.330 e. The quantitative estimate of drug-likeness (QED) is 0.759. The van der Waals surface area contributed by atoms with E-state index in [1.165, 1.54) is 0 Å². The van der Waals surface area contributed by atoms with Gasteiger partial charge in [-0.25, -0.2) is 13.1 Å². The number of hydrogen-bond acceptors (Lipinski definition) is 4. The molecule has 0 aromatic carbocycles. The molecule has 1 heterocycles. The van der Waals surface area contributed by atoms with Crippen LogP contribution in [0.15, 0.2) is 4.90 Å². The lowest BCUT2D eigenvalue weighted by atomic mass is 9.99. The van der Waals surface area contributed by atoms with Gasteiger partial charge in [-0.15, -0.1) is 0 Å². The lowest BCUT2D eigenvalue weighted by Gasteiger charge is -2.16. The molecule has 0 aliphatic carbocycles. The Labute approximate surface area is 128 Å². The first-order valence-electron chi connectivity index (χ1n) is 7.44. The highest BCUT2D eigenvalue weighted by molar-refractivity contribution is 7.89. The van der Waals surface area contributed by atoms with Crippen molar-refractivity contribution in [3.8, 4) is 0 Å². The van der Waals surface area contributed by atoms with Crippen LogP contribution in [0.5, 0.6) is 0 Å². The number of rotatable bonds is 8. The molecule has 0 amide bonds. The molecule has 0 aliphatic heterocycles. The van der Waals surface area contributed by atoms with Gasteiger partial charge in [0.25, 0.3) is 0 Å². The van der Waals surface area contributed by atoms with E-state index < -0.39 is 10.0 Å². The highest BCUT2D eigenvalue weighted by Gasteiger charge is 2.25. The fraction of sp³-hybridized carbons (Fsp3) is 0.786. The van der Waals surface area contributed by atoms with Gasteiger partial charge in [-0.05, 0) is 38.6 Å². The van der Waals surface area contributed by atoms with Gasteiger partial charge < -0.3 is 5.73 Å². The van der Waals surface area contributed by atoms with Gasteiger partial charge in [0.1, 0.15) is 4.90 Å². The normalized spacial score (nSPS) is 13.9. The second-order valence-electron chi connectivity index (χ2n) is 5.94. The van der Waals surface area contributed by atoms with Gasteiger partial charge in [0.2, 0.25) is 10.0 Å². The zero-order valence-corrected chi connectivity index (χ0v) is 14.5. The number of nitrogens with zero attached hydrogens (tertiary/aromatic N) is 2. The standard InChI is InChI=1S/C14H28N4O2S/c1-10(2)11(3)9-16-21(19,20)14-12(4)17-18(13(14)5)8-6-7-15/h10-11,16H,6-9,15H2,1-5H3. The average Bonchev–Trinajstić information content (AvgIpc) is 2.68. The second kappa shape index (κ2) is 7.38. The van der Waals surface area contributed by atoms with Crippen molar-refractivity contribution in [3.05, 3.63) is 11.4 Å². The van der Waals surface area contributed by atoms with Crippen molar-refractivity contribution >= 4 is 10.0 Å². The summed E-state index contributed by atoms with van der Waals surface area (Å²) in [6, 6.07) is 0. The van der Waals surface area contributed by atoms with Gasteiger partial charge in [0.15, 0.2) is 0 Å². The highest BCUT2D eigenvalue weighted by atomic mass is 32.2. The Morgan fingerprint density at radius 3 is 2.43 bits per heavy atom. The lowest BCUT2D eigenvalue weighted by molar-refractivity contribution is 0.414. The topological polar surface area (TPSA) is 90.0 Å². The van der Waals surface area contributed by atoms with Crippen molar-refractivity contribution in [1.29, 1.82) is 0 Å². The van der Waals surface area contributed by atoms with Crippen molar-refractivity contribution in [2.45, 2.75) is 52.5 Å². The third-order valence-corrected chi connectivity index (χ3v) is 5.57. The van der Waals surface area contributed by atoms with Crippen LogP contribution < -0.4 is 10.5 Å². The third kappa shape index (κ3) is 4.52. The van der Waals surface area contributed by atoms with E-state index in [4.69, 9.17) is 5.73 Å². The molecule has 0 saturated heterocycles. The van der Waals surface area contributed by atoms with Gasteiger partial charge in [-0.3, -0.25) is 4.68 Å². The van der Waals surface area contributed by atoms with E-state index in [0.29, 0.717) is 41.8 Å². The summed E-state index contributed by atoms with van der Waals surface area (Å²) < 4.78 is 29.4. The Morgan fingerprint density at radius 2 is 1.90 bits per heavy atom. The minimum atomic E-state index is -3.52. The monoisotopic (exact) mass is 316 g/mol. The molecule has 21 heavy (non-hydrogen) atoms. The summed E-state index contributed by atoms with van der Waals surface area (Å²) in [5, 5.41) is 4.32. The maximum Gasteiger partial charge on any atom is 0.244 e. The maximum atomic E-state index is 12.5. The van der Waals surface area contributed by atoms with Crippen LogP contribution >= 0.6 is 0 Å². The molecular formula is C14H28N4O2S. The van der Waals surface area contributed by atoms with E-state index in [1.54, 1.807) is 18.5 Å². The number of hydrogen-bond donors (Lipinski definition) is 2. The highest BCUT2D eigenvalue weighted by Crippen LogP contribution is 2.20. The molecule has 1 rings (SSSR count). The zero-order chi connectivity index (χ0) is 16.2. The molecule has 1 unspecified atom stereocenters. The molecule has 0 bridgehead atoms. The fourth-order valence-corrected chi connectivity index (χ4v) is 3.63. The first-order valence-corrected chi connectivity index (χ1v) is 8.92. The zero-order valence-electron chi connectivity index (χ0n) is 13.7. The molecule has 0 spiro atoms. The van der Waals surface area contributed by atoms with E-state index in [2.05, 4.69) is 23.7 Å². The van der Waals surface area contributed by atoms with Gasteiger partial charge in [0.05, 0.1) is 11.4 Å². The summed E-state index contributed by atoms with van der Waals surface area (Å²) >= 11 is 0. The first kappa shape index (κ1) is 18.1. The van der Waals surface area contributed by atoms with Crippen molar-refractivity contribution < 1.29 is 8.42 Å². The summed E-state index contributed by atoms with van der Waals surface area (Å²) in [6.45, 7) is 11.4. The van der Waals surface area contributed by atoms with Crippen molar-refractivity contribution in [3.63, 3.8) is 0 Å². The van der Waals surface area contributed by atoms with Crippen molar-refractivity contribution in [2.75, 3.05) is 13.1 Å². The first-order chi connectivity index (χ1) is 9.70. The predicted octanol–water partition coefficient (Wildman–Crippen LogP) is 1.42. The van der Waals surface area contributed by atoms with Crippen molar-refractivity contribution in [2.24, 2.45) is 17.6 Å². The van der Waals surface area contributed by atoms with Crippen molar-refractivity contribution in [1.82, 2.24) is 14.5 Å². The minimum absolute atomic E-state index is 0.285. The number of sulfonamides is 1. The summed E-state index contributed by atoms with van der Waals surface area (Å²) in [5.74, 6) is 0.717. The average molecular weight is 316 g/mol. The lowest BCUT2D eigenvalue weighted by Crippen LogP contribution is -2.31. The summed E-state index contributed by atoms with van der Waals surface area (Å²) in [5.41, 5.74) is 6.70. The van der Waals surface area contributed by atoms with Crippen LogP contribution in [-0.2, 0) is 16.6 Å². The minimum Gasteiger partial charge on any atom is -0.330 e. The second-order valence-corrected chi connectivity index (χ2v) is 7.64. The van der Waals surface area contributed by atoms with Crippen LogP contribution in [0.4, 0.5) is 0 Å². The molecule has 7 heteroatoms.